The van der Waals surface area contributed by atoms with Gasteiger partial charge in [-0.3, -0.25) is 9.59 Å². The van der Waals surface area contributed by atoms with E-state index in [-0.39, 0.29) is 17.9 Å². The second-order valence-corrected chi connectivity index (χ2v) is 7.14. The minimum atomic E-state index is -0.00702. The van der Waals surface area contributed by atoms with Gasteiger partial charge in [0.05, 0.1) is 6.04 Å². The van der Waals surface area contributed by atoms with Crippen molar-refractivity contribution < 1.29 is 9.59 Å². The monoisotopic (exact) mass is 342 g/mol. The standard InChI is InChI=1S/C19H22N2O2S/c1-14(17-6-5-13-24-17)20(2)19(23)15-8-10-16(11-9-15)21-12-4-3-7-18(21)22/h5-6,8-11,13-14H,3-4,7,12H2,1-2H3. The van der Waals surface area contributed by atoms with E-state index in [1.54, 1.807) is 16.2 Å². The molecule has 3 rings (SSSR count). The number of hydrogen-bond acceptors (Lipinski definition) is 3. The van der Waals surface area contributed by atoms with Crippen LogP contribution >= 0.6 is 11.3 Å². The molecule has 24 heavy (non-hydrogen) atoms. The highest BCUT2D eigenvalue weighted by Gasteiger charge is 2.22. The number of thiophene rings is 1. The highest BCUT2D eigenvalue weighted by Crippen LogP contribution is 2.26. The van der Waals surface area contributed by atoms with Gasteiger partial charge in [-0.1, -0.05) is 6.07 Å². The first-order chi connectivity index (χ1) is 11.6. The lowest BCUT2D eigenvalue weighted by Gasteiger charge is -2.27. The molecule has 0 spiro atoms. The van der Waals surface area contributed by atoms with Crippen LogP contribution in [0.15, 0.2) is 41.8 Å². The second-order valence-electron chi connectivity index (χ2n) is 6.16. The molecule has 2 heterocycles. The van der Waals surface area contributed by atoms with Crippen molar-refractivity contribution in [2.24, 2.45) is 0 Å². The van der Waals surface area contributed by atoms with Gasteiger partial charge in [-0.2, -0.15) is 0 Å². The van der Waals surface area contributed by atoms with E-state index in [0.717, 1.165) is 25.1 Å². The lowest BCUT2D eigenvalue weighted by molar-refractivity contribution is -0.119. The number of hydrogen-bond donors (Lipinski definition) is 0. The highest BCUT2D eigenvalue weighted by molar-refractivity contribution is 7.10. The number of piperidine rings is 1. The summed E-state index contributed by atoms with van der Waals surface area (Å²) in [5.74, 6) is 0.163. The fourth-order valence-corrected chi connectivity index (χ4v) is 3.79. The van der Waals surface area contributed by atoms with Crippen molar-refractivity contribution in [3.05, 3.63) is 52.2 Å². The summed E-state index contributed by atoms with van der Waals surface area (Å²) in [6.07, 6.45) is 2.62. The number of carbonyl (C=O) groups excluding carboxylic acids is 2. The van der Waals surface area contributed by atoms with Gasteiger partial charge in [0.15, 0.2) is 0 Å². The molecule has 126 valence electrons. The lowest BCUT2D eigenvalue weighted by Crippen LogP contribution is -2.35. The summed E-state index contributed by atoms with van der Waals surface area (Å²) in [5.41, 5.74) is 1.53. The van der Waals surface area contributed by atoms with Crippen LogP contribution in [0.5, 0.6) is 0 Å². The first-order valence-corrected chi connectivity index (χ1v) is 9.17. The van der Waals surface area contributed by atoms with Crippen LogP contribution in [-0.4, -0.2) is 30.3 Å². The lowest BCUT2D eigenvalue weighted by atomic mass is 10.1. The van der Waals surface area contributed by atoms with E-state index in [0.29, 0.717) is 12.0 Å². The molecule has 4 nitrogen and oxygen atoms in total. The molecule has 1 aliphatic heterocycles. The van der Waals surface area contributed by atoms with Gasteiger partial charge in [-0.25, -0.2) is 0 Å². The van der Waals surface area contributed by atoms with Gasteiger partial charge in [-0.15, -0.1) is 11.3 Å². The first-order valence-electron chi connectivity index (χ1n) is 8.29. The number of anilines is 1. The molecule has 0 radical (unpaired) electrons. The van der Waals surface area contributed by atoms with E-state index in [4.69, 9.17) is 0 Å². The smallest absolute Gasteiger partial charge is 0.254 e. The van der Waals surface area contributed by atoms with Crippen molar-refractivity contribution >= 4 is 28.8 Å². The normalized spacial score (nSPS) is 16.1. The zero-order chi connectivity index (χ0) is 17.1. The van der Waals surface area contributed by atoms with Crippen molar-refractivity contribution in [3.8, 4) is 0 Å². The Balaban J connectivity index is 1.72. The summed E-state index contributed by atoms with van der Waals surface area (Å²) in [5, 5.41) is 2.02. The topological polar surface area (TPSA) is 40.6 Å². The van der Waals surface area contributed by atoms with E-state index >= 15 is 0 Å². The van der Waals surface area contributed by atoms with Crippen molar-refractivity contribution in [1.82, 2.24) is 4.90 Å². The third kappa shape index (κ3) is 3.36. The average molecular weight is 342 g/mol. The predicted molar refractivity (Wildman–Crippen MR) is 97.5 cm³/mol. The van der Waals surface area contributed by atoms with Crippen molar-refractivity contribution in [2.45, 2.75) is 32.2 Å². The molecule has 2 amide bonds. The molecule has 1 fully saturated rings. The van der Waals surface area contributed by atoms with Crippen molar-refractivity contribution in [2.75, 3.05) is 18.5 Å². The Bertz CT molecular complexity index is 709. The van der Waals surface area contributed by atoms with Crippen LogP contribution < -0.4 is 4.90 Å². The molecule has 0 bridgehead atoms. The summed E-state index contributed by atoms with van der Waals surface area (Å²) in [6, 6.07) is 11.5. The Labute approximate surface area is 146 Å². The van der Waals surface area contributed by atoms with Gasteiger partial charge >= 0.3 is 0 Å². The van der Waals surface area contributed by atoms with Gasteiger partial charge in [0, 0.05) is 36.1 Å². The van der Waals surface area contributed by atoms with E-state index in [1.165, 1.54) is 4.88 Å². The molecule has 1 saturated heterocycles. The van der Waals surface area contributed by atoms with Gasteiger partial charge in [0.1, 0.15) is 0 Å². The Morgan fingerprint density at radius 2 is 1.96 bits per heavy atom. The van der Waals surface area contributed by atoms with Crippen LogP contribution in [0, 0.1) is 0 Å². The quantitative estimate of drug-likeness (QED) is 0.839. The fraction of sp³-hybridized carbons (Fsp3) is 0.368. The molecule has 1 unspecified atom stereocenters. The fourth-order valence-electron chi connectivity index (χ4n) is 2.96. The minimum Gasteiger partial charge on any atom is -0.334 e. The van der Waals surface area contributed by atoms with E-state index in [2.05, 4.69) is 0 Å². The number of nitrogens with zero attached hydrogens (tertiary/aromatic N) is 2. The maximum atomic E-state index is 12.7. The molecule has 1 aliphatic rings. The van der Waals surface area contributed by atoms with Crippen LogP contribution in [0.3, 0.4) is 0 Å². The Morgan fingerprint density at radius 3 is 2.58 bits per heavy atom. The number of carbonyl (C=O) groups is 2. The number of rotatable bonds is 4. The zero-order valence-corrected chi connectivity index (χ0v) is 14.9. The molecular formula is C19H22N2O2S. The van der Waals surface area contributed by atoms with Gasteiger partial charge in [0.2, 0.25) is 5.91 Å². The minimum absolute atomic E-state index is 0.00702. The molecule has 1 aromatic carbocycles. The van der Waals surface area contributed by atoms with Gasteiger partial charge < -0.3 is 9.80 Å². The van der Waals surface area contributed by atoms with Gasteiger partial charge in [-0.05, 0) is 55.5 Å². The second kappa shape index (κ2) is 7.18. The molecular weight excluding hydrogens is 320 g/mol. The van der Waals surface area contributed by atoms with Gasteiger partial charge in [0.25, 0.3) is 5.91 Å². The highest BCUT2D eigenvalue weighted by atomic mass is 32.1. The summed E-state index contributed by atoms with van der Waals surface area (Å²) in [6.45, 7) is 2.80. The Hall–Kier alpha value is -2.14. The van der Waals surface area contributed by atoms with E-state index in [1.807, 2.05) is 60.6 Å². The van der Waals surface area contributed by atoms with Crippen LogP contribution in [0.2, 0.25) is 0 Å². The Kier molecular flexibility index (Phi) is 5.00. The van der Waals surface area contributed by atoms with Crippen molar-refractivity contribution in [1.29, 1.82) is 0 Å². The molecule has 1 aromatic heterocycles. The molecule has 0 saturated carbocycles. The Morgan fingerprint density at radius 1 is 1.21 bits per heavy atom. The predicted octanol–water partition coefficient (Wildman–Crippen LogP) is 4.10. The molecule has 0 aliphatic carbocycles. The maximum absolute atomic E-state index is 12.7. The van der Waals surface area contributed by atoms with Crippen molar-refractivity contribution in [3.63, 3.8) is 0 Å². The zero-order valence-electron chi connectivity index (χ0n) is 14.1. The summed E-state index contributed by atoms with van der Waals surface area (Å²) < 4.78 is 0. The average Bonchev–Trinajstić information content (AvgIpc) is 3.15. The molecule has 1 atom stereocenters. The third-order valence-electron chi connectivity index (χ3n) is 4.61. The molecule has 0 N–H and O–H groups in total. The summed E-state index contributed by atoms with van der Waals surface area (Å²) in [4.78, 5) is 29.4. The SMILES string of the molecule is CC(c1cccs1)N(C)C(=O)c1ccc(N2CCCCC2=O)cc1. The first kappa shape index (κ1) is 16.7. The van der Waals surface area contributed by atoms with E-state index in [9.17, 15) is 9.59 Å². The third-order valence-corrected chi connectivity index (χ3v) is 5.65. The summed E-state index contributed by atoms with van der Waals surface area (Å²) >= 11 is 1.66. The van der Waals surface area contributed by atoms with Crippen LogP contribution in [-0.2, 0) is 4.79 Å². The van der Waals surface area contributed by atoms with Crippen LogP contribution in [0.4, 0.5) is 5.69 Å². The van der Waals surface area contributed by atoms with Crippen LogP contribution in [0.25, 0.3) is 0 Å². The van der Waals surface area contributed by atoms with Crippen LogP contribution in [0.1, 0.15) is 47.5 Å². The number of benzene rings is 1. The number of amides is 2. The maximum Gasteiger partial charge on any atom is 0.254 e. The molecule has 5 heteroatoms. The molecule has 2 aromatic rings. The van der Waals surface area contributed by atoms with E-state index < -0.39 is 0 Å². The largest absolute Gasteiger partial charge is 0.334 e. The summed E-state index contributed by atoms with van der Waals surface area (Å²) in [7, 11) is 1.83.